The molecular weight excluding hydrogens is 396 g/mol. The molecule has 2 aromatic heterocycles. The van der Waals surface area contributed by atoms with E-state index in [1.54, 1.807) is 0 Å². The predicted octanol–water partition coefficient (Wildman–Crippen LogP) is 4.36. The number of thiocarbonyl (C=S) groups is 1. The van der Waals surface area contributed by atoms with Crippen LogP contribution in [0.3, 0.4) is 0 Å². The van der Waals surface area contributed by atoms with E-state index in [1.807, 2.05) is 36.5 Å². The first-order chi connectivity index (χ1) is 12.1. The monoisotopic (exact) mass is 412 g/mol. The fourth-order valence-corrected chi connectivity index (χ4v) is 3.93. The van der Waals surface area contributed by atoms with Gasteiger partial charge in [0.2, 0.25) is 0 Å². The number of pyridine rings is 1. The van der Waals surface area contributed by atoms with Crippen LogP contribution in [0.2, 0.25) is 0 Å². The fourth-order valence-electron chi connectivity index (χ4n) is 3.32. The van der Waals surface area contributed by atoms with Crippen LogP contribution < -0.4 is 10.2 Å². The van der Waals surface area contributed by atoms with E-state index in [0.29, 0.717) is 5.11 Å². The molecule has 1 fully saturated rings. The lowest BCUT2D eigenvalue weighted by Crippen LogP contribution is -2.30. The molecule has 1 saturated heterocycles. The van der Waals surface area contributed by atoms with Crippen molar-refractivity contribution in [3.63, 3.8) is 0 Å². The van der Waals surface area contributed by atoms with Crippen LogP contribution in [0.1, 0.15) is 23.5 Å². The van der Waals surface area contributed by atoms with Crippen LogP contribution in [0.5, 0.6) is 0 Å². The van der Waals surface area contributed by atoms with Crippen molar-refractivity contribution in [1.29, 1.82) is 0 Å². The second-order valence-corrected chi connectivity index (χ2v) is 7.32. The number of benzene rings is 1. The number of hydrogen-bond acceptors (Lipinski definition) is 2. The van der Waals surface area contributed by atoms with Crippen LogP contribution in [0.4, 0.5) is 5.69 Å². The van der Waals surface area contributed by atoms with Gasteiger partial charge in [0.25, 0.3) is 0 Å². The third kappa shape index (κ3) is 2.96. The predicted molar refractivity (Wildman–Crippen MR) is 107 cm³/mol. The van der Waals surface area contributed by atoms with E-state index in [1.165, 1.54) is 5.69 Å². The molecule has 126 valence electrons. The Balaban J connectivity index is 1.83. The lowest BCUT2D eigenvalue weighted by Gasteiger charge is -2.28. The van der Waals surface area contributed by atoms with Crippen molar-refractivity contribution in [2.75, 3.05) is 4.90 Å². The van der Waals surface area contributed by atoms with E-state index in [2.05, 4.69) is 73.2 Å². The minimum atomic E-state index is -0.00838. The lowest BCUT2D eigenvalue weighted by atomic mass is 10.0. The van der Waals surface area contributed by atoms with Gasteiger partial charge in [-0.15, -0.1) is 0 Å². The van der Waals surface area contributed by atoms with Crippen molar-refractivity contribution in [1.82, 2.24) is 14.9 Å². The van der Waals surface area contributed by atoms with Gasteiger partial charge in [0.15, 0.2) is 5.11 Å². The first kappa shape index (κ1) is 16.3. The van der Waals surface area contributed by atoms with Crippen LogP contribution in [0.15, 0.2) is 71.5 Å². The van der Waals surface area contributed by atoms with Crippen molar-refractivity contribution >= 4 is 38.9 Å². The average molecular weight is 413 g/mol. The molecule has 0 radical (unpaired) electrons. The summed E-state index contributed by atoms with van der Waals surface area (Å²) in [7, 11) is 2.06. The fraction of sp³-hybridized carbons (Fsp3) is 0.158. The number of nitrogens with zero attached hydrogens (tertiary/aromatic N) is 3. The Kier molecular flexibility index (Phi) is 4.31. The van der Waals surface area contributed by atoms with Crippen LogP contribution in [0.25, 0.3) is 0 Å². The normalized spacial score (nSPS) is 19.9. The van der Waals surface area contributed by atoms with E-state index >= 15 is 0 Å². The highest BCUT2D eigenvalue weighted by Gasteiger charge is 2.41. The molecule has 3 heterocycles. The summed E-state index contributed by atoms with van der Waals surface area (Å²) >= 11 is 9.19. The standard InChI is InChI=1S/C19H17BrN4S/c1-23-12-4-6-16(23)18-17(15-5-2-3-11-21-15)22-19(25)24(18)14-9-7-13(20)8-10-14/h2-12,17-18H,1H3,(H,22,25)/t17-,18+/m0/s1. The van der Waals surface area contributed by atoms with Gasteiger partial charge in [-0.1, -0.05) is 22.0 Å². The third-order valence-corrected chi connectivity index (χ3v) is 5.33. The number of aromatic nitrogens is 2. The summed E-state index contributed by atoms with van der Waals surface area (Å²) in [6, 6.07) is 18.4. The molecule has 0 bridgehead atoms. The molecule has 1 aliphatic rings. The molecule has 0 amide bonds. The van der Waals surface area contributed by atoms with Gasteiger partial charge in [-0.05, 0) is 60.7 Å². The van der Waals surface area contributed by atoms with Gasteiger partial charge >= 0.3 is 0 Å². The first-order valence-corrected chi connectivity index (χ1v) is 9.23. The number of nitrogens with one attached hydrogen (secondary N) is 1. The first-order valence-electron chi connectivity index (χ1n) is 8.02. The van der Waals surface area contributed by atoms with Crippen LogP contribution in [-0.2, 0) is 7.05 Å². The van der Waals surface area contributed by atoms with Crippen molar-refractivity contribution in [2.24, 2.45) is 7.05 Å². The van der Waals surface area contributed by atoms with Crippen LogP contribution in [0, 0.1) is 0 Å². The summed E-state index contributed by atoms with van der Waals surface area (Å²) in [5.74, 6) is 0. The van der Waals surface area contributed by atoms with Gasteiger partial charge in [0.1, 0.15) is 6.04 Å². The van der Waals surface area contributed by atoms with Crippen molar-refractivity contribution in [3.05, 3.63) is 82.9 Å². The second-order valence-electron chi connectivity index (χ2n) is 6.02. The van der Waals surface area contributed by atoms with Gasteiger partial charge in [-0.3, -0.25) is 4.98 Å². The molecule has 1 aliphatic heterocycles. The molecule has 1 N–H and O–H groups in total. The quantitative estimate of drug-likeness (QED) is 0.647. The van der Waals surface area contributed by atoms with Crippen LogP contribution >= 0.6 is 28.1 Å². The number of halogens is 1. The Labute approximate surface area is 160 Å². The Hall–Kier alpha value is -2.18. The Morgan fingerprint density at radius 2 is 1.88 bits per heavy atom. The van der Waals surface area contributed by atoms with E-state index in [-0.39, 0.29) is 12.1 Å². The van der Waals surface area contributed by atoms with Crippen molar-refractivity contribution < 1.29 is 0 Å². The summed E-state index contributed by atoms with van der Waals surface area (Å²) in [6.45, 7) is 0. The van der Waals surface area contributed by atoms with E-state index in [4.69, 9.17) is 12.2 Å². The molecule has 0 aliphatic carbocycles. The number of hydrogen-bond donors (Lipinski definition) is 1. The maximum absolute atomic E-state index is 5.69. The van der Waals surface area contributed by atoms with Gasteiger partial charge in [-0.2, -0.15) is 0 Å². The summed E-state index contributed by atoms with van der Waals surface area (Å²) in [5, 5.41) is 4.18. The highest BCUT2D eigenvalue weighted by Crippen LogP contribution is 2.41. The van der Waals surface area contributed by atoms with E-state index in [0.717, 1.165) is 15.9 Å². The zero-order valence-electron chi connectivity index (χ0n) is 13.6. The third-order valence-electron chi connectivity index (χ3n) is 4.49. The van der Waals surface area contributed by atoms with Crippen molar-refractivity contribution in [3.8, 4) is 0 Å². The molecular formula is C19H17BrN4S. The zero-order chi connectivity index (χ0) is 17.4. The van der Waals surface area contributed by atoms with Gasteiger partial charge in [-0.25, -0.2) is 0 Å². The average Bonchev–Trinajstić information content (AvgIpc) is 3.19. The summed E-state index contributed by atoms with van der Waals surface area (Å²) in [6.07, 6.45) is 3.89. The number of aryl methyl sites for hydroxylation is 1. The molecule has 0 unspecified atom stereocenters. The smallest absolute Gasteiger partial charge is 0.174 e. The van der Waals surface area contributed by atoms with Gasteiger partial charge in [0.05, 0.1) is 11.7 Å². The zero-order valence-corrected chi connectivity index (χ0v) is 16.0. The summed E-state index contributed by atoms with van der Waals surface area (Å²) in [4.78, 5) is 6.74. The molecule has 4 nitrogen and oxygen atoms in total. The molecule has 25 heavy (non-hydrogen) atoms. The summed E-state index contributed by atoms with van der Waals surface area (Å²) < 4.78 is 3.19. The lowest BCUT2D eigenvalue weighted by molar-refractivity contribution is 0.541. The summed E-state index contributed by atoms with van der Waals surface area (Å²) in [5.41, 5.74) is 3.23. The molecule has 0 spiro atoms. The Morgan fingerprint density at radius 1 is 1.08 bits per heavy atom. The van der Waals surface area contributed by atoms with E-state index < -0.39 is 0 Å². The molecule has 1 aromatic carbocycles. The number of rotatable bonds is 3. The largest absolute Gasteiger partial charge is 0.353 e. The number of anilines is 1. The molecule has 4 rings (SSSR count). The van der Waals surface area contributed by atoms with Gasteiger partial charge in [0, 0.05) is 35.3 Å². The highest BCUT2D eigenvalue weighted by molar-refractivity contribution is 9.10. The minimum Gasteiger partial charge on any atom is -0.353 e. The Bertz CT molecular complexity index is 891. The maximum atomic E-state index is 5.69. The second kappa shape index (κ2) is 6.61. The highest BCUT2D eigenvalue weighted by atomic mass is 79.9. The molecule has 2 atom stereocenters. The SMILES string of the molecule is Cn1cccc1[C@@H]1[C@H](c2ccccn2)NC(=S)N1c1ccc(Br)cc1. The molecule has 3 aromatic rings. The van der Waals surface area contributed by atoms with Gasteiger partial charge < -0.3 is 14.8 Å². The minimum absolute atomic E-state index is 0.00838. The van der Waals surface area contributed by atoms with Crippen molar-refractivity contribution in [2.45, 2.75) is 12.1 Å². The maximum Gasteiger partial charge on any atom is 0.174 e. The Morgan fingerprint density at radius 3 is 2.52 bits per heavy atom. The van der Waals surface area contributed by atoms with E-state index in [9.17, 15) is 0 Å². The topological polar surface area (TPSA) is 33.1 Å². The molecule has 0 saturated carbocycles. The molecule has 6 heteroatoms. The van der Waals surface area contributed by atoms with Crippen LogP contribution in [-0.4, -0.2) is 14.7 Å².